The number of aromatic carboxylic acids is 1. The summed E-state index contributed by atoms with van der Waals surface area (Å²) >= 11 is 5.97. The Morgan fingerprint density at radius 1 is 1.43 bits per heavy atom. The molecule has 0 amide bonds. The van der Waals surface area contributed by atoms with Crippen molar-refractivity contribution < 1.29 is 22.7 Å². The number of nitrogens with one attached hydrogen (secondary N) is 1. The molecule has 0 atom stereocenters. The maximum atomic E-state index is 11.8. The van der Waals surface area contributed by atoms with Crippen LogP contribution in [-0.4, -0.2) is 26.5 Å². The van der Waals surface area contributed by atoms with Gasteiger partial charge in [0.05, 0.1) is 16.8 Å². The minimum Gasteiger partial charge on any atom is -0.478 e. The van der Waals surface area contributed by atoms with Crippen molar-refractivity contribution in [1.82, 2.24) is 4.72 Å². The SMILES string of the molecule is CNS(=O)(=O)c1cc(C(=O)O)c(Cc2ccco2)cc1Cl. The summed E-state index contributed by atoms with van der Waals surface area (Å²) in [7, 11) is -2.61. The van der Waals surface area contributed by atoms with Crippen molar-refractivity contribution in [3.8, 4) is 0 Å². The minimum atomic E-state index is -3.83. The van der Waals surface area contributed by atoms with Crippen LogP contribution in [0.5, 0.6) is 0 Å². The van der Waals surface area contributed by atoms with Crippen molar-refractivity contribution in [2.24, 2.45) is 0 Å². The molecule has 0 saturated heterocycles. The van der Waals surface area contributed by atoms with Crippen molar-refractivity contribution in [3.63, 3.8) is 0 Å². The zero-order chi connectivity index (χ0) is 15.6. The molecule has 0 fully saturated rings. The number of carboxylic acids is 1. The molecule has 2 aromatic rings. The highest BCUT2D eigenvalue weighted by molar-refractivity contribution is 7.89. The molecule has 6 nitrogen and oxygen atoms in total. The Bertz CT molecular complexity index is 768. The van der Waals surface area contributed by atoms with Crippen LogP contribution in [0.4, 0.5) is 0 Å². The molecule has 112 valence electrons. The summed E-state index contributed by atoms with van der Waals surface area (Å²) in [5.74, 6) is -0.682. The van der Waals surface area contributed by atoms with Gasteiger partial charge in [0.15, 0.2) is 0 Å². The molecule has 1 heterocycles. The standard InChI is InChI=1S/C13H12ClNO5S/c1-15-21(18,19)12-7-10(13(16)17)8(6-11(12)14)5-9-3-2-4-20-9/h2-4,6-7,15H,5H2,1H3,(H,16,17). The summed E-state index contributed by atoms with van der Waals surface area (Å²) in [6.07, 6.45) is 1.67. The molecule has 2 N–H and O–H groups in total. The lowest BCUT2D eigenvalue weighted by molar-refractivity contribution is 0.0695. The van der Waals surface area contributed by atoms with Crippen molar-refractivity contribution in [1.29, 1.82) is 0 Å². The monoisotopic (exact) mass is 329 g/mol. The van der Waals surface area contributed by atoms with E-state index in [1.54, 1.807) is 12.1 Å². The molecule has 0 aliphatic rings. The first kappa shape index (κ1) is 15.6. The van der Waals surface area contributed by atoms with Gasteiger partial charge in [0.25, 0.3) is 0 Å². The van der Waals surface area contributed by atoms with Crippen molar-refractivity contribution >= 4 is 27.6 Å². The van der Waals surface area contributed by atoms with E-state index in [1.165, 1.54) is 19.4 Å². The van der Waals surface area contributed by atoms with Gasteiger partial charge in [0.2, 0.25) is 10.0 Å². The highest BCUT2D eigenvalue weighted by Gasteiger charge is 2.22. The third-order valence-corrected chi connectivity index (χ3v) is 4.77. The summed E-state index contributed by atoms with van der Waals surface area (Å²) in [6.45, 7) is 0. The lowest BCUT2D eigenvalue weighted by Gasteiger charge is -2.10. The van der Waals surface area contributed by atoms with Gasteiger partial charge in [-0.2, -0.15) is 0 Å². The fourth-order valence-electron chi connectivity index (χ4n) is 1.86. The summed E-state index contributed by atoms with van der Waals surface area (Å²) in [5, 5.41) is 9.21. The third-order valence-electron chi connectivity index (χ3n) is 2.89. The number of hydrogen-bond donors (Lipinski definition) is 2. The Kier molecular flexibility index (Phi) is 4.36. The fraction of sp³-hybridized carbons (Fsp3) is 0.154. The topological polar surface area (TPSA) is 96.6 Å². The number of carboxylic acid groups (broad SMARTS) is 1. The Balaban J connectivity index is 2.57. The zero-order valence-electron chi connectivity index (χ0n) is 11.0. The Morgan fingerprint density at radius 2 is 2.14 bits per heavy atom. The van der Waals surface area contributed by atoms with Gasteiger partial charge in [0, 0.05) is 6.42 Å². The lowest BCUT2D eigenvalue weighted by Crippen LogP contribution is -2.20. The normalized spacial score (nSPS) is 11.5. The number of carbonyl (C=O) groups is 1. The molecule has 1 aromatic carbocycles. The molecule has 2 rings (SSSR count). The van der Waals surface area contributed by atoms with E-state index in [-0.39, 0.29) is 21.9 Å². The first-order chi connectivity index (χ1) is 9.85. The number of sulfonamides is 1. The van der Waals surface area contributed by atoms with Gasteiger partial charge in [-0.05, 0) is 36.9 Å². The molecule has 21 heavy (non-hydrogen) atoms. The van der Waals surface area contributed by atoms with Crippen LogP contribution in [0.1, 0.15) is 21.7 Å². The van der Waals surface area contributed by atoms with E-state index in [4.69, 9.17) is 16.0 Å². The molecular weight excluding hydrogens is 318 g/mol. The molecule has 0 radical (unpaired) electrons. The second-order valence-corrected chi connectivity index (χ2v) is 6.47. The van der Waals surface area contributed by atoms with E-state index in [9.17, 15) is 18.3 Å². The predicted octanol–water partition coefficient (Wildman–Crippen LogP) is 2.13. The molecule has 0 aliphatic heterocycles. The Hall–Kier alpha value is -1.83. The number of furan rings is 1. The maximum absolute atomic E-state index is 11.8. The summed E-state index contributed by atoms with van der Waals surface area (Å²) in [5.41, 5.74) is 0.238. The quantitative estimate of drug-likeness (QED) is 0.876. The zero-order valence-corrected chi connectivity index (χ0v) is 12.5. The van der Waals surface area contributed by atoms with Crippen LogP contribution >= 0.6 is 11.6 Å². The Labute approximate surface area is 126 Å². The molecule has 0 spiro atoms. The number of hydrogen-bond acceptors (Lipinski definition) is 4. The van der Waals surface area contributed by atoms with Gasteiger partial charge in [-0.25, -0.2) is 17.9 Å². The van der Waals surface area contributed by atoms with Gasteiger partial charge < -0.3 is 9.52 Å². The van der Waals surface area contributed by atoms with Gasteiger partial charge in [-0.15, -0.1) is 0 Å². The lowest BCUT2D eigenvalue weighted by atomic mass is 10.0. The first-order valence-corrected chi connectivity index (χ1v) is 7.73. The Morgan fingerprint density at radius 3 is 2.67 bits per heavy atom. The highest BCUT2D eigenvalue weighted by Crippen LogP contribution is 2.27. The summed E-state index contributed by atoms with van der Waals surface area (Å²) < 4.78 is 30.9. The van der Waals surface area contributed by atoms with E-state index >= 15 is 0 Å². The molecular formula is C13H12ClNO5S. The van der Waals surface area contributed by atoms with E-state index in [0.717, 1.165) is 6.07 Å². The van der Waals surface area contributed by atoms with Crippen LogP contribution < -0.4 is 4.72 Å². The number of benzene rings is 1. The fourth-order valence-corrected chi connectivity index (χ4v) is 3.16. The first-order valence-electron chi connectivity index (χ1n) is 5.87. The second-order valence-electron chi connectivity index (χ2n) is 4.21. The van der Waals surface area contributed by atoms with E-state index < -0.39 is 16.0 Å². The maximum Gasteiger partial charge on any atom is 0.336 e. The summed E-state index contributed by atoms with van der Waals surface area (Å²) in [4.78, 5) is 11.1. The van der Waals surface area contributed by atoms with Crippen molar-refractivity contribution in [2.75, 3.05) is 7.05 Å². The average molecular weight is 330 g/mol. The van der Waals surface area contributed by atoms with Gasteiger partial charge in [0.1, 0.15) is 10.7 Å². The number of halogens is 1. The van der Waals surface area contributed by atoms with Crippen LogP contribution in [-0.2, 0) is 16.4 Å². The van der Waals surface area contributed by atoms with Crippen molar-refractivity contribution in [2.45, 2.75) is 11.3 Å². The second kappa shape index (κ2) is 5.88. The van der Waals surface area contributed by atoms with Gasteiger partial charge in [-0.1, -0.05) is 11.6 Å². The average Bonchev–Trinajstić information content (AvgIpc) is 2.91. The minimum absolute atomic E-state index is 0.0455. The molecule has 0 unspecified atom stereocenters. The third kappa shape index (κ3) is 3.26. The largest absolute Gasteiger partial charge is 0.478 e. The molecule has 0 aliphatic carbocycles. The predicted molar refractivity (Wildman–Crippen MR) is 76.2 cm³/mol. The van der Waals surface area contributed by atoms with Gasteiger partial charge in [-0.3, -0.25) is 0 Å². The van der Waals surface area contributed by atoms with Crippen molar-refractivity contribution in [3.05, 3.63) is 52.4 Å². The summed E-state index contributed by atoms with van der Waals surface area (Å²) in [6, 6.07) is 5.75. The molecule has 8 heteroatoms. The van der Waals surface area contributed by atoms with Crippen LogP contribution in [0.25, 0.3) is 0 Å². The van der Waals surface area contributed by atoms with Crippen LogP contribution in [0.2, 0.25) is 5.02 Å². The van der Waals surface area contributed by atoms with E-state index in [1.807, 2.05) is 0 Å². The number of rotatable bonds is 5. The smallest absolute Gasteiger partial charge is 0.336 e. The van der Waals surface area contributed by atoms with Gasteiger partial charge >= 0.3 is 5.97 Å². The van der Waals surface area contributed by atoms with Crippen LogP contribution in [0.3, 0.4) is 0 Å². The molecule has 1 aromatic heterocycles. The van der Waals surface area contributed by atoms with Crippen LogP contribution in [0.15, 0.2) is 39.8 Å². The van der Waals surface area contributed by atoms with Crippen LogP contribution in [0, 0.1) is 0 Å². The van der Waals surface area contributed by atoms with E-state index in [2.05, 4.69) is 4.72 Å². The molecule has 0 bridgehead atoms. The van der Waals surface area contributed by atoms with E-state index in [0.29, 0.717) is 11.3 Å². The molecule has 0 saturated carbocycles. The highest BCUT2D eigenvalue weighted by atomic mass is 35.5.